The fraction of sp³-hybridized carbons (Fsp3) is 0.500. The molecule has 126 valence electrons. The average molecular weight is 343 g/mol. The SMILES string of the molecule is CN(CC(=O)N1CCC(O)CC1)C(=O)Cc1ccc(F)cc1Cl. The Morgan fingerprint density at radius 3 is 2.65 bits per heavy atom. The van der Waals surface area contributed by atoms with Crippen LogP contribution in [0.25, 0.3) is 0 Å². The fourth-order valence-electron chi connectivity index (χ4n) is 2.47. The van der Waals surface area contributed by atoms with E-state index in [1.54, 1.807) is 11.9 Å². The predicted molar refractivity (Wildman–Crippen MR) is 84.6 cm³/mol. The Kier molecular flexibility index (Phi) is 5.96. The topological polar surface area (TPSA) is 60.9 Å². The third-order valence-corrected chi connectivity index (χ3v) is 4.32. The Morgan fingerprint density at radius 1 is 1.39 bits per heavy atom. The summed E-state index contributed by atoms with van der Waals surface area (Å²) in [6.07, 6.45) is 0.796. The molecule has 1 aromatic rings. The number of rotatable bonds is 4. The molecule has 2 rings (SSSR count). The monoisotopic (exact) mass is 342 g/mol. The van der Waals surface area contributed by atoms with Gasteiger partial charge in [0, 0.05) is 25.2 Å². The molecule has 23 heavy (non-hydrogen) atoms. The van der Waals surface area contributed by atoms with E-state index in [1.807, 2.05) is 0 Å². The van der Waals surface area contributed by atoms with Crippen molar-refractivity contribution in [2.24, 2.45) is 0 Å². The van der Waals surface area contributed by atoms with Crippen molar-refractivity contribution in [2.75, 3.05) is 26.7 Å². The van der Waals surface area contributed by atoms with Gasteiger partial charge in [-0.2, -0.15) is 0 Å². The van der Waals surface area contributed by atoms with Crippen molar-refractivity contribution in [1.82, 2.24) is 9.80 Å². The summed E-state index contributed by atoms with van der Waals surface area (Å²) in [6.45, 7) is 0.991. The Bertz CT molecular complexity index is 589. The number of amides is 2. The third-order valence-electron chi connectivity index (χ3n) is 3.97. The number of nitrogens with zero attached hydrogens (tertiary/aromatic N) is 2. The molecule has 1 aliphatic heterocycles. The van der Waals surface area contributed by atoms with Crippen LogP contribution in [0.3, 0.4) is 0 Å². The number of aliphatic hydroxyl groups is 1. The summed E-state index contributed by atoms with van der Waals surface area (Å²) in [6, 6.07) is 3.88. The van der Waals surface area contributed by atoms with E-state index in [-0.39, 0.29) is 35.9 Å². The zero-order valence-corrected chi connectivity index (χ0v) is 13.7. The predicted octanol–water partition coefficient (Wildman–Crippen LogP) is 1.46. The summed E-state index contributed by atoms with van der Waals surface area (Å²) in [7, 11) is 1.55. The molecule has 0 spiro atoms. The molecule has 0 saturated carbocycles. The molecule has 1 heterocycles. The van der Waals surface area contributed by atoms with Crippen LogP contribution < -0.4 is 0 Å². The van der Waals surface area contributed by atoms with Crippen LogP contribution in [0.2, 0.25) is 5.02 Å². The van der Waals surface area contributed by atoms with Crippen molar-refractivity contribution in [3.05, 3.63) is 34.6 Å². The number of likely N-dealkylation sites (tertiary alicyclic amines) is 1. The van der Waals surface area contributed by atoms with Gasteiger partial charge in [0.15, 0.2) is 0 Å². The number of hydrogen-bond donors (Lipinski definition) is 1. The number of carbonyl (C=O) groups excluding carboxylic acids is 2. The molecule has 1 N–H and O–H groups in total. The van der Waals surface area contributed by atoms with Crippen LogP contribution in [0, 0.1) is 5.82 Å². The van der Waals surface area contributed by atoms with Gasteiger partial charge in [-0.05, 0) is 30.5 Å². The first kappa shape index (κ1) is 17.7. The highest BCUT2D eigenvalue weighted by Crippen LogP contribution is 2.18. The van der Waals surface area contributed by atoms with Crippen molar-refractivity contribution < 1.29 is 19.1 Å². The fourth-order valence-corrected chi connectivity index (χ4v) is 2.70. The highest BCUT2D eigenvalue weighted by atomic mass is 35.5. The Balaban J connectivity index is 1.88. The van der Waals surface area contributed by atoms with Gasteiger partial charge < -0.3 is 14.9 Å². The molecule has 1 fully saturated rings. The van der Waals surface area contributed by atoms with E-state index in [0.29, 0.717) is 31.5 Å². The largest absolute Gasteiger partial charge is 0.393 e. The first-order chi connectivity index (χ1) is 10.9. The van der Waals surface area contributed by atoms with Crippen molar-refractivity contribution in [3.63, 3.8) is 0 Å². The van der Waals surface area contributed by atoms with E-state index in [1.165, 1.54) is 17.0 Å². The molecule has 1 saturated heterocycles. The van der Waals surface area contributed by atoms with E-state index >= 15 is 0 Å². The summed E-state index contributed by atoms with van der Waals surface area (Å²) >= 11 is 5.91. The van der Waals surface area contributed by atoms with Crippen LogP contribution in [0.5, 0.6) is 0 Å². The Labute approximate surface area is 139 Å². The molecule has 5 nitrogen and oxygen atoms in total. The lowest BCUT2D eigenvalue weighted by Crippen LogP contribution is -2.45. The standard InChI is InChI=1S/C16H20ClFN2O3/c1-19(10-16(23)20-6-4-13(21)5-7-20)15(22)8-11-2-3-12(18)9-14(11)17/h2-3,9,13,21H,4-8,10H2,1H3. The highest BCUT2D eigenvalue weighted by Gasteiger charge is 2.23. The van der Waals surface area contributed by atoms with Gasteiger partial charge in [-0.25, -0.2) is 4.39 Å². The molecule has 1 aliphatic rings. The average Bonchev–Trinajstić information content (AvgIpc) is 2.50. The second kappa shape index (κ2) is 7.75. The highest BCUT2D eigenvalue weighted by molar-refractivity contribution is 6.31. The molecule has 0 radical (unpaired) electrons. The van der Waals surface area contributed by atoms with E-state index in [9.17, 15) is 19.1 Å². The van der Waals surface area contributed by atoms with Crippen LogP contribution in [0.1, 0.15) is 18.4 Å². The lowest BCUT2D eigenvalue weighted by molar-refractivity contribution is -0.140. The minimum atomic E-state index is -0.456. The van der Waals surface area contributed by atoms with Gasteiger partial charge in [-0.15, -0.1) is 0 Å². The first-order valence-electron chi connectivity index (χ1n) is 7.50. The minimum Gasteiger partial charge on any atom is -0.393 e. The van der Waals surface area contributed by atoms with Crippen molar-refractivity contribution >= 4 is 23.4 Å². The van der Waals surface area contributed by atoms with Crippen molar-refractivity contribution in [3.8, 4) is 0 Å². The van der Waals surface area contributed by atoms with Gasteiger partial charge in [-0.3, -0.25) is 9.59 Å². The Hall–Kier alpha value is -1.66. The second-order valence-electron chi connectivity index (χ2n) is 5.77. The van der Waals surface area contributed by atoms with Gasteiger partial charge in [0.2, 0.25) is 11.8 Å². The zero-order valence-electron chi connectivity index (χ0n) is 13.0. The van der Waals surface area contributed by atoms with Crippen LogP contribution >= 0.6 is 11.6 Å². The smallest absolute Gasteiger partial charge is 0.242 e. The molecule has 0 aromatic heterocycles. The third kappa shape index (κ3) is 4.91. The number of hydrogen-bond acceptors (Lipinski definition) is 3. The maximum atomic E-state index is 13.0. The lowest BCUT2D eigenvalue weighted by atomic mass is 10.1. The summed E-state index contributed by atoms with van der Waals surface area (Å²) in [5, 5.41) is 9.64. The molecule has 1 aromatic carbocycles. The minimum absolute atomic E-state index is 0.0155. The van der Waals surface area contributed by atoms with Crippen molar-refractivity contribution in [2.45, 2.75) is 25.4 Å². The molecule has 0 atom stereocenters. The summed E-state index contributed by atoms with van der Waals surface area (Å²) in [5.41, 5.74) is 0.526. The van der Waals surface area contributed by atoms with Crippen LogP contribution in [0.15, 0.2) is 18.2 Å². The number of piperidine rings is 1. The van der Waals surface area contributed by atoms with Gasteiger partial charge in [0.1, 0.15) is 5.82 Å². The van der Waals surface area contributed by atoms with E-state index in [0.717, 1.165) is 6.07 Å². The van der Waals surface area contributed by atoms with Crippen LogP contribution in [-0.2, 0) is 16.0 Å². The van der Waals surface area contributed by atoms with Crippen molar-refractivity contribution in [1.29, 1.82) is 0 Å². The maximum absolute atomic E-state index is 13.0. The lowest BCUT2D eigenvalue weighted by Gasteiger charge is -2.31. The normalized spacial score (nSPS) is 15.6. The molecule has 0 unspecified atom stereocenters. The van der Waals surface area contributed by atoms with Gasteiger partial charge >= 0.3 is 0 Å². The zero-order chi connectivity index (χ0) is 17.0. The Morgan fingerprint density at radius 2 is 2.04 bits per heavy atom. The van der Waals surface area contributed by atoms with Crippen LogP contribution in [0.4, 0.5) is 4.39 Å². The number of aliphatic hydroxyl groups excluding tert-OH is 1. The molecular weight excluding hydrogens is 323 g/mol. The number of carbonyl (C=O) groups is 2. The quantitative estimate of drug-likeness (QED) is 0.901. The molecule has 0 aliphatic carbocycles. The molecule has 0 bridgehead atoms. The van der Waals surface area contributed by atoms with Gasteiger partial charge in [0.25, 0.3) is 0 Å². The number of benzene rings is 1. The van der Waals surface area contributed by atoms with E-state index in [4.69, 9.17) is 11.6 Å². The van der Waals surface area contributed by atoms with E-state index < -0.39 is 5.82 Å². The molecule has 7 heteroatoms. The number of likely N-dealkylation sites (N-methyl/N-ethyl adjacent to an activating group) is 1. The second-order valence-corrected chi connectivity index (χ2v) is 6.18. The molecule has 2 amide bonds. The van der Waals surface area contributed by atoms with E-state index in [2.05, 4.69) is 0 Å². The summed E-state index contributed by atoms with van der Waals surface area (Å²) in [5.74, 6) is -0.858. The number of halogens is 2. The maximum Gasteiger partial charge on any atom is 0.242 e. The molecular formula is C16H20ClFN2O3. The summed E-state index contributed by atoms with van der Waals surface area (Å²) in [4.78, 5) is 27.3. The first-order valence-corrected chi connectivity index (χ1v) is 7.88. The van der Waals surface area contributed by atoms with Gasteiger partial charge in [0.05, 0.1) is 19.1 Å². The van der Waals surface area contributed by atoms with Gasteiger partial charge in [-0.1, -0.05) is 17.7 Å². The van der Waals surface area contributed by atoms with Crippen LogP contribution in [-0.4, -0.2) is 59.5 Å². The summed E-state index contributed by atoms with van der Waals surface area (Å²) < 4.78 is 13.0.